The molecule has 0 unspecified atom stereocenters. The standard InChI is InChI=1S/C19H19NO5/c1-12-6-3-4-7-14(12)11-17(19(23)24)20-18(22)15-8-5-9-16(10-15)25-13(2)21/h3-10,17H,11H2,1-2H3,(H,20,22)(H,23,24)/t17-/m0/s1. The maximum Gasteiger partial charge on any atom is 0.326 e. The average molecular weight is 341 g/mol. The minimum Gasteiger partial charge on any atom is -0.480 e. The third kappa shape index (κ3) is 5.17. The first-order valence-electron chi connectivity index (χ1n) is 7.73. The minimum absolute atomic E-state index is 0.178. The van der Waals surface area contributed by atoms with Crippen molar-refractivity contribution < 1.29 is 24.2 Å². The van der Waals surface area contributed by atoms with E-state index in [-0.39, 0.29) is 17.7 Å². The van der Waals surface area contributed by atoms with E-state index in [1.807, 2.05) is 31.2 Å². The summed E-state index contributed by atoms with van der Waals surface area (Å²) in [6.07, 6.45) is 0.178. The monoisotopic (exact) mass is 341 g/mol. The molecule has 6 nitrogen and oxygen atoms in total. The Kier molecular flexibility index (Phi) is 5.89. The van der Waals surface area contributed by atoms with Crippen molar-refractivity contribution in [2.75, 3.05) is 0 Å². The lowest BCUT2D eigenvalue weighted by Gasteiger charge is -2.16. The molecule has 0 aliphatic rings. The van der Waals surface area contributed by atoms with Crippen LogP contribution in [0.4, 0.5) is 0 Å². The van der Waals surface area contributed by atoms with Gasteiger partial charge in [-0.1, -0.05) is 30.3 Å². The number of amides is 1. The number of ether oxygens (including phenoxy) is 1. The molecule has 0 heterocycles. The molecule has 1 amide bonds. The van der Waals surface area contributed by atoms with Crippen molar-refractivity contribution in [2.24, 2.45) is 0 Å². The average Bonchev–Trinajstić information content (AvgIpc) is 2.55. The Bertz CT molecular complexity index is 800. The summed E-state index contributed by atoms with van der Waals surface area (Å²) >= 11 is 0. The summed E-state index contributed by atoms with van der Waals surface area (Å²) in [5, 5.41) is 11.9. The van der Waals surface area contributed by atoms with Gasteiger partial charge >= 0.3 is 11.9 Å². The van der Waals surface area contributed by atoms with Gasteiger partial charge in [-0.25, -0.2) is 4.79 Å². The molecule has 0 aromatic heterocycles. The van der Waals surface area contributed by atoms with Crippen LogP contribution in [0.15, 0.2) is 48.5 Å². The van der Waals surface area contributed by atoms with Crippen molar-refractivity contribution >= 4 is 17.8 Å². The molecule has 2 aromatic rings. The van der Waals surface area contributed by atoms with Crippen LogP contribution >= 0.6 is 0 Å². The van der Waals surface area contributed by atoms with Gasteiger partial charge < -0.3 is 15.2 Å². The third-order valence-corrected chi connectivity index (χ3v) is 3.65. The number of nitrogens with one attached hydrogen (secondary N) is 1. The molecule has 0 spiro atoms. The van der Waals surface area contributed by atoms with Crippen LogP contribution in [0.2, 0.25) is 0 Å². The highest BCUT2D eigenvalue weighted by Gasteiger charge is 2.22. The molecule has 0 radical (unpaired) electrons. The Morgan fingerprint density at radius 3 is 2.48 bits per heavy atom. The molecule has 6 heteroatoms. The number of aryl methyl sites for hydroxylation is 1. The molecule has 2 N–H and O–H groups in total. The number of carbonyl (C=O) groups excluding carboxylic acids is 2. The van der Waals surface area contributed by atoms with E-state index in [2.05, 4.69) is 5.32 Å². The summed E-state index contributed by atoms with van der Waals surface area (Å²) in [4.78, 5) is 34.9. The fourth-order valence-corrected chi connectivity index (χ4v) is 2.37. The van der Waals surface area contributed by atoms with Gasteiger partial charge in [-0.3, -0.25) is 9.59 Å². The smallest absolute Gasteiger partial charge is 0.326 e. The minimum atomic E-state index is -1.12. The number of carbonyl (C=O) groups is 3. The van der Waals surface area contributed by atoms with Crippen LogP contribution in [-0.2, 0) is 16.0 Å². The molecule has 0 saturated heterocycles. The third-order valence-electron chi connectivity index (χ3n) is 3.65. The largest absolute Gasteiger partial charge is 0.480 e. The Labute approximate surface area is 145 Å². The second-order valence-corrected chi connectivity index (χ2v) is 5.62. The van der Waals surface area contributed by atoms with Crippen molar-refractivity contribution in [1.82, 2.24) is 5.32 Å². The summed E-state index contributed by atoms with van der Waals surface area (Å²) in [7, 11) is 0. The molecule has 25 heavy (non-hydrogen) atoms. The van der Waals surface area contributed by atoms with E-state index < -0.39 is 23.9 Å². The molecule has 0 bridgehead atoms. The zero-order chi connectivity index (χ0) is 18.4. The van der Waals surface area contributed by atoms with Crippen LogP contribution in [-0.4, -0.2) is 29.0 Å². The Morgan fingerprint density at radius 2 is 1.84 bits per heavy atom. The number of hydrogen-bond donors (Lipinski definition) is 2. The highest BCUT2D eigenvalue weighted by molar-refractivity contribution is 5.97. The van der Waals surface area contributed by atoms with Crippen molar-refractivity contribution in [2.45, 2.75) is 26.3 Å². The van der Waals surface area contributed by atoms with E-state index in [4.69, 9.17) is 4.74 Å². The molecule has 0 saturated carbocycles. The topological polar surface area (TPSA) is 92.7 Å². The summed E-state index contributed by atoms with van der Waals surface area (Å²) in [5.74, 6) is -1.94. The number of rotatable bonds is 6. The van der Waals surface area contributed by atoms with Crippen LogP contribution < -0.4 is 10.1 Å². The van der Waals surface area contributed by atoms with Crippen LogP contribution in [0, 0.1) is 6.92 Å². The summed E-state index contributed by atoms with van der Waals surface area (Å²) in [6.45, 7) is 3.15. The predicted octanol–water partition coefficient (Wildman–Crippen LogP) is 2.35. The number of hydrogen-bond acceptors (Lipinski definition) is 4. The number of carboxylic acids is 1. The van der Waals surface area contributed by atoms with E-state index in [9.17, 15) is 19.5 Å². The summed E-state index contributed by atoms with van der Waals surface area (Å²) in [6, 6.07) is 12.4. The van der Waals surface area contributed by atoms with E-state index in [1.165, 1.54) is 19.1 Å². The van der Waals surface area contributed by atoms with Crippen LogP contribution in [0.1, 0.15) is 28.4 Å². The maximum absolute atomic E-state index is 12.4. The van der Waals surface area contributed by atoms with Gasteiger partial charge in [0.1, 0.15) is 11.8 Å². The predicted molar refractivity (Wildman–Crippen MR) is 91.5 cm³/mol. The van der Waals surface area contributed by atoms with Gasteiger partial charge in [-0.2, -0.15) is 0 Å². The Hall–Kier alpha value is -3.15. The number of benzene rings is 2. The molecule has 2 rings (SSSR count). The van der Waals surface area contributed by atoms with Gasteiger partial charge in [0.2, 0.25) is 0 Å². The quantitative estimate of drug-likeness (QED) is 0.621. The molecule has 1 atom stereocenters. The van der Waals surface area contributed by atoms with Crippen molar-refractivity contribution in [3.8, 4) is 5.75 Å². The Morgan fingerprint density at radius 1 is 1.12 bits per heavy atom. The first kappa shape index (κ1) is 18.2. The highest BCUT2D eigenvalue weighted by atomic mass is 16.5. The molecule has 0 aliphatic heterocycles. The molecule has 2 aromatic carbocycles. The Balaban J connectivity index is 2.14. The maximum atomic E-state index is 12.4. The molecule has 130 valence electrons. The van der Waals surface area contributed by atoms with Crippen LogP contribution in [0.25, 0.3) is 0 Å². The SMILES string of the molecule is CC(=O)Oc1cccc(C(=O)N[C@@H](Cc2ccccc2C)C(=O)O)c1. The zero-order valence-electron chi connectivity index (χ0n) is 14.0. The normalized spacial score (nSPS) is 11.4. The fourth-order valence-electron chi connectivity index (χ4n) is 2.37. The van der Waals surface area contributed by atoms with Gasteiger partial charge in [0, 0.05) is 18.9 Å². The van der Waals surface area contributed by atoms with Crippen molar-refractivity contribution in [1.29, 1.82) is 0 Å². The molecule has 0 aliphatic carbocycles. The van der Waals surface area contributed by atoms with Gasteiger partial charge in [0.15, 0.2) is 0 Å². The van der Waals surface area contributed by atoms with E-state index in [0.29, 0.717) is 0 Å². The van der Waals surface area contributed by atoms with Crippen molar-refractivity contribution in [3.05, 3.63) is 65.2 Å². The molecular weight excluding hydrogens is 322 g/mol. The van der Waals surface area contributed by atoms with Crippen molar-refractivity contribution in [3.63, 3.8) is 0 Å². The highest BCUT2D eigenvalue weighted by Crippen LogP contribution is 2.15. The number of aliphatic carboxylic acids is 1. The number of esters is 1. The molecular formula is C19H19NO5. The van der Waals surface area contributed by atoms with Gasteiger partial charge in [-0.05, 0) is 36.2 Å². The lowest BCUT2D eigenvalue weighted by molar-refractivity contribution is -0.139. The summed E-state index contributed by atoms with van der Waals surface area (Å²) < 4.78 is 4.93. The second kappa shape index (κ2) is 8.10. The molecule has 0 fully saturated rings. The van der Waals surface area contributed by atoms with Crippen LogP contribution in [0.3, 0.4) is 0 Å². The van der Waals surface area contributed by atoms with E-state index >= 15 is 0 Å². The first-order valence-corrected chi connectivity index (χ1v) is 7.73. The van der Waals surface area contributed by atoms with Crippen LogP contribution in [0.5, 0.6) is 5.75 Å². The zero-order valence-corrected chi connectivity index (χ0v) is 14.0. The van der Waals surface area contributed by atoms with Gasteiger partial charge in [-0.15, -0.1) is 0 Å². The summed E-state index contributed by atoms with van der Waals surface area (Å²) in [5.41, 5.74) is 2.03. The lowest BCUT2D eigenvalue weighted by Crippen LogP contribution is -2.42. The number of carboxylic acid groups (broad SMARTS) is 1. The van der Waals surface area contributed by atoms with E-state index in [1.54, 1.807) is 12.1 Å². The fraction of sp³-hybridized carbons (Fsp3) is 0.211. The van der Waals surface area contributed by atoms with Gasteiger partial charge in [0.05, 0.1) is 0 Å². The van der Waals surface area contributed by atoms with Gasteiger partial charge in [0.25, 0.3) is 5.91 Å². The van der Waals surface area contributed by atoms with E-state index in [0.717, 1.165) is 11.1 Å². The second-order valence-electron chi connectivity index (χ2n) is 5.62. The first-order chi connectivity index (χ1) is 11.9. The lowest BCUT2D eigenvalue weighted by atomic mass is 10.0.